The fourth-order valence-electron chi connectivity index (χ4n) is 3.19. The molecule has 0 N–H and O–H groups in total. The van der Waals surface area contributed by atoms with Crippen LogP contribution < -0.4 is 0 Å². The lowest BCUT2D eigenvalue weighted by molar-refractivity contribution is -0.143. The molecule has 2 unspecified atom stereocenters. The van der Waals surface area contributed by atoms with Crippen molar-refractivity contribution in [3.05, 3.63) is 34.6 Å². The van der Waals surface area contributed by atoms with Gasteiger partial charge in [-0.25, -0.2) is 0 Å². The molecular formula is C17H22O4. The lowest BCUT2D eigenvalue weighted by Crippen LogP contribution is -2.27. The van der Waals surface area contributed by atoms with E-state index >= 15 is 0 Å². The molecule has 0 aliphatic heterocycles. The van der Waals surface area contributed by atoms with Gasteiger partial charge < -0.3 is 9.47 Å². The molecule has 21 heavy (non-hydrogen) atoms. The molecule has 0 spiro atoms. The van der Waals surface area contributed by atoms with E-state index in [1.165, 1.54) is 19.4 Å². The predicted octanol–water partition coefficient (Wildman–Crippen LogP) is 3.44. The van der Waals surface area contributed by atoms with Crippen molar-refractivity contribution in [1.29, 1.82) is 0 Å². The van der Waals surface area contributed by atoms with E-state index in [4.69, 9.17) is 9.47 Å². The third kappa shape index (κ3) is 3.26. The average molecular weight is 290 g/mol. The summed E-state index contributed by atoms with van der Waals surface area (Å²) in [5.41, 5.74) is 3.25. The summed E-state index contributed by atoms with van der Waals surface area (Å²) in [6, 6.07) is 0. The van der Waals surface area contributed by atoms with Gasteiger partial charge in [-0.3, -0.25) is 9.59 Å². The van der Waals surface area contributed by atoms with Crippen molar-refractivity contribution >= 4 is 11.9 Å². The molecule has 0 aromatic carbocycles. The molecule has 0 heterocycles. The summed E-state index contributed by atoms with van der Waals surface area (Å²) in [5, 5.41) is 0. The van der Waals surface area contributed by atoms with Gasteiger partial charge in [-0.05, 0) is 44.3 Å². The highest BCUT2D eigenvalue weighted by atomic mass is 16.5. The number of hydrogen-bond donors (Lipinski definition) is 0. The topological polar surface area (TPSA) is 52.6 Å². The maximum Gasteiger partial charge on any atom is 0.308 e. The minimum absolute atomic E-state index is 0.307. The molecule has 0 amide bonds. The minimum Gasteiger partial charge on any atom is -0.453 e. The second-order valence-electron chi connectivity index (χ2n) is 5.57. The largest absolute Gasteiger partial charge is 0.453 e. The van der Waals surface area contributed by atoms with Gasteiger partial charge >= 0.3 is 11.9 Å². The number of ether oxygens (including phenoxy) is 2. The minimum atomic E-state index is -0.369. The molecule has 0 saturated carbocycles. The molecule has 0 radical (unpaired) electrons. The van der Waals surface area contributed by atoms with Gasteiger partial charge in [0.25, 0.3) is 0 Å². The average Bonchev–Trinajstić information content (AvgIpc) is 2.40. The van der Waals surface area contributed by atoms with E-state index in [0.717, 1.165) is 30.4 Å². The Hall–Kier alpha value is -1.84. The number of rotatable bonds is 3. The summed E-state index contributed by atoms with van der Waals surface area (Å²) in [6.07, 6.45) is 6.10. The first-order chi connectivity index (χ1) is 9.93. The zero-order valence-corrected chi connectivity index (χ0v) is 13.1. The second kappa shape index (κ2) is 6.29. The van der Waals surface area contributed by atoms with Crippen molar-refractivity contribution in [1.82, 2.24) is 0 Å². The number of carbonyl (C=O) groups is 2. The van der Waals surface area contributed by atoms with Gasteiger partial charge in [0.1, 0.15) is 11.9 Å². The van der Waals surface area contributed by atoms with Crippen LogP contribution in [-0.2, 0) is 19.1 Å². The monoisotopic (exact) mass is 290 g/mol. The molecule has 4 heteroatoms. The Balaban J connectivity index is 2.46. The fourth-order valence-corrected chi connectivity index (χ4v) is 3.19. The normalized spacial score (nSPS) is 24.8. The summed E-state index contributed by atoms with van der Waals surface area (Å²) >= 11 is 0. The van der Waals surface area contributed by atoms with Gasteiger partial charge in [0.2, 0.25) is 0 Å². The van der Waals surface area contributed by atoms with Crippen molar-refractivity contribution in [2.45, 2.75) is 53.1 Å². The summed E-state index contributed by atoms with van der Waals surface area (Å²) < 4.78 is 10.7. The SMILES string of the molecule is CCC1CCC2=C(OC(C)=O)C=CC(OC(C)=O)C2=C1C. The fraction of sp³-hybridized carbons (Fsp3) is 0.529. The van der Waals surface area contributed by atoms with E-state index in [-0.39, 0.29) is 18.0 Å². The van der Waals surface area contributed by atoms with E-state index in [0.29, 0.717) is 11.7 Å². The quantitative estimate of drug-likeness (QED) is 0.747. The third-order valence-electron chi connectivity index (χ3n) is 4.15. The van der Waals surface area contributed by atoms with Crippen molar-refractivity contribution in [3.8, 4) is 0 Å². The van der Waals surface area contributed by atoms with Gasteiger partial charge in [-0.2, -0.15) is 0 Å². The van der Waals surface area contributed by atoms with Crippen LogP contribution in [0.25, 0.3) is 0 Å². The molecule has 2 atom stereocenters. The summed E-state index contributed by atoms with van der Waals surface area (Å²) in [5.74, 6) is 0.447. The Morgan fingerprint density at radius 1 is 1.29 bits per heavy atom. The number of fused-ring (bicyclic) bond motifs is 1. The van der Waals surface area contributed by atoms with Crippen LogP contribution in [0.3, 0.4) is 0 Å². The Bertz CT molecular complexity index is 551. The highest BCUT2D eigenvalue weighted by Crippen LogP contribution is 2.42. The first kappa shape index (κ1) is 15.5. The molecule has 0 saturated heterocycles. The molecule has 0 aromatic rings. The Labute approximate surface area is 125 Å². The standard InChI is InChI=1S/C17H22O4/c1-5-13-6-7-14-15(20-11(3)18)8-9-16(21-12(4)19)17(14)10(13)2/h8-9,13,16H,5-7H2,1-4H3. The van der Waals surface area contributed by atoms with Crippen molar-refractivity contribution in [3.63, 3.8) is 0 Å². The molecule has 0 aromatic heterocycles. The predicted molar refractivity (Wildman–Crippen MR) is 79.2 cm³/mol. The molecule has 2 aliphatic carbocycles. The van der Waals surface area contributed by atoms with Gasteiger partial charge in [0.15, 0.2) is 0 Å². The maximum absolute atomic E-state index is 11.3. The zero-order valence-electron chi connectivity index (χ0n) is 13.1. The van der Waals surface area contributed by atoms with Crippen LogP contribution in [-0.4, -0.2) is 18.0 Å². The molecule has 2 rings (SSSR count). The van der Waals surface area contributed by atoms with Crippen LogP contribution in [0.4, 0.5) is 0 Å². The van der Waals surface area contributed by atoms with E-state index in [1.807, 2.05) is 0 Å². The van der Waals surface area contributed by atoms with Gasteiger partial charge in [0, 0.05) is 25.0 Å². The van der Waals surface area contributed by atoms with Gasteiger partial charge in [-0.1, -0.05) is 12.5 Å². The first-order valence-electron chi connectivity index (χ1n) is 7.42. The molecule has 114 valence electrons. The van der Waals surface area contributed by atoms with Crippen LogP contribution in [0.15, 0.2) is 34.6 Å². The molecule has 0 bridgehead atoms. The molecule has 2 aliphatic rings. The van der Waals surface area contributed by atoms with Gasteiger partial charge in [-0.15, -0.1) is 0 Å². The van der Waals surface area contributed by atoms with Crippen molar-refractivity contribution < 1.29 is 19.1 Å². The molecular weight excluding hydrogens is 268 g/mol. The number of hydrogen-bond acceptors (Lipinski definition) is 4. The Morgan fingerprint density at radius 2 is 2.00 bits per heavy atom. The maximum atomic E-state index is 11.3. The first-order valence-corrected chi connectivity index (χ1v) is 7.42. The van der Waals surface area contributed by atoms with Crippen LogP contribution >= 0.6 is 0 Å². The lowest BCUT2D eigenvalue weighted by atomic mass is 9.75. The number of carbonyl (C=O) groups excluding carboxylic acids is 2. The van der Waals surface area contributed by atoms with Gasteiger partial charge in [0.05, 0.1) is 0 Å². The van der Waals surface area contributed by atoms with E-state index in [9.17, 15) is 9.59 Å². The highest BCUT2D eigenvalue weighted by Gasteiger charge is 2.33. The summed E-state index contributed by atoms with van der Waals surface area (Å²) in [6.45, 7) is 7.06. The Kier molecular flexibility index (Phi) is 4.66. The second-order valence-corrected chi connectivity index (χ2v) is 5.57. The van der Waals surface area contributed by atoms with Crippen LogP contribution in [0.2, 0.25) is 0 Å². The van der Waals surface area contributed by atoms with Crippen LogP contribution in [0.5, 0.6) is 0 Å². The van der Waals surface area contributed by atoms with E-state index < -0.39 is 0 Å². The third-order valence-corrected chi connectivity index (χ3v) is 4.15. The smallest absolute Gasteiger partial charge is 0.308 e. The highest BCUT2D eigenvalue weighted by molar-refractivity contribution is 5.70. The number of esters is 2. The van der Waals surface area contributed by atoms with Crippen LogP contribution in [0.1, 0.15) is 47.0 Å². The Morgan fingerprint density at radius 3 is 2.57 bits per heavy atom. The lowest BCUT2D eigenvalue weighted by Gasteiger charge is -2.34. The van der Waals surface area contributed by atoms with Crippen LogP contribution in [0, 0.1) is 5.92 Å². The molecule has 4 nitrogen and oxygen atoms in total. The number of allylic oxidation sites excluding steroid dienone is 2. The van der Waals surface area contributed by atoms with Crippen molar-refractivity contribution in [2.75, 3.05) is 0 Å². The molecule has 0 fully saturated rings. The van der Waals surface area contributed by atoms with E-state index in [2.05, 4.69) is 13.8 Å². The zero-order chi connectivity index (χ0) is 15.6. The summed E-state index contributed by atoms with van der Waals surface area (Å²) in [7, 11) is 0. The van der Waals surface area contributed by atoms with Crippen molar-refractivity contribution in [2.24, 2.45) is 5.92 Å². The summed E-state index contributed by atoms with van der Waals surface area (Å²) in [4.78, 5) is 22.6. The van der Waals surface area contributed by atoms with E-state index in [1.54, 1.807) is 12.2 Å².